The molecule has 1 aromatic carbocycles. The third-order valence-corrected chi connectivity index (χ3v) is 3.96. The van der Waals surface area contributed by atoms with Gasteiger partial charge in [-0.25, -0.2) is 0 Å². The van der Waals surface area contributed by atoms with Crippen molar-refractivity contribution in [1.82, 2.24) is 5.32 Å². The molecule has 0 radical (unpaired) electrons. The van der Waals surface area contributed by atoms with E-state index in [1.807, 2.05) is 0 Å². The zero-order valence-corrected chi connectivity index (χ0v) is 12.7. The second-order valence-electron chi connectivity index (χ2n) is 6.00. The highest BCUT2D eigenvalue weighted by molar-refractivity contribution is 5.39. The largest absolute Gasteiger partial charge is 0.490 e. The van der Waals surface area contributed by atoms with Crippen LogP contribution in [0.25, 0.3) is 0 Å². The Labute approximate surface area is 117 Å². The summed E-state index contributed by atoms with van der Waals surface area (Å²) < 4.78 is 6.29. The van der Waals surface area contributed by atoms with Crippen LogP contribution in [0.15, 0.2) is 18.2 Å². The van der Waals surface area contributed by atoms with Crippen molar-refractivity contribution in [1.29, 1.82) is 0 Å². The maximum absolute atomic E-state index is 6.29. The fraction of sp³-hybridized carbons (Fsp3) is 0.647. The van der Waals surface area contributed by atoms with Gasteiger partial charge in [-0.3, -0.25) is 0 Å². The predicted molar refractivity (Wildman–Crippen MR) is 81.0 cm³/mol. The van der Waals surface area contributed by atoms with Crippen molar-refractivity contribution >= 4 is 0 Å². The van der Waals surface area contributed by atoms with Gasteiger partial charge < -0.3 is 10.1 Å². The molecular formula is C17H27NO. The Bertz CT molecular complexity index is 414. The molecule has 1 fully saturated rings. The van der Waals surface area contributed by atoms with Gasteiger partial charge in [0.05, 0.1) is 0 Å². The van der Waals surface area contributed by atoms with Gasteiger partial charge in [0.15, 0.2) is 0 Å². The Balaban J connectivity index is 2.05. The minimum atomic E-state index is 0.378. The minimum absolute atomic E-state index is 0.378. The number of aryl methyl sites for hydroxylation is 1. The molecule has 1 aliphatic carbocycles. The lowest BCUT2D eigenvalue weighted by Crippen LogP contribution is -2.27. The number of nitrogens with one attached hydrogen (secondary N) is 1. The van der Waals surface area contributed by atoms with Crippen LogP contribution in [0.4, 0.5) is 0 Å². The molecule has 106 valence electrons. The van der Waals surface area contributed by atoms with Crippen LogP contribution in [0.5, 0.6) is 5.75 Å². The van der Waals surface area contributed by atoms with Gasteiger partial charge in [0, 0.05) is 6.04 Å². The molecule has 2 nitrogen and oxygen atoms in total. The van der Waals surface area contributed by atoms with Gasteiger partial charge >= 0.3 is 0 Å². The predicted octanol–water partition coefficient (Wildman–Crippen LogP) is 4.03. The first kappa shape index (κ1) is 14.4. The Morgan fingerprint density at radius 1 is 1.32 bits per heavy atom. The van der Waals surface area contributed by atoms with E-state index in [4.69, 9.17) is 4.74 Å². The van der Waals surface area contributed by atoms with Gasteiger partial charge in [-0.05, 0) is 55.8 Å². The highest BCUT2D eigenvalue weighted by Crippen LogP contribution is 2.31. The summed E-state index contributed by atoms with van der Waals surface area (Å²) in [5.41, 5.74) is 2.61. The van der Waals surface area contributed by atoms with E-state index in [9.17, 15) is 0 Å². The molecule has 0 aliphatic heterocycles. The molecule has 1 N–H and O–H groups in total. The fourth-order valence-electron chi connectivity index (χ4n) is 2.92. The Morgan fingerprint density at radius 3 is 2.79 bits per heavy atom. The van der Waals surface area contributed by atoms with Gasteiger partial charge in [0.25, 0.3) is 0 Å². The van der Waals surface area contributed by atoms with Gasteiger partial charge in [-0.1, -0.05) is 32.9 Å². The average Bonchev–Trinajstić information content (AvgIpc) is 2.77. The van der Waals surface area contributed by atoms with Gasteiger partial charge in [0.2, 0.25) is 0 Å². The summed E-state index contributed by atoms with van der Waals surface area (Å²) in [5.74, 6) is 1.61. The van der Waals surface area contributed by atoms with Crippen molar-refractivity contribution in [3.8, 4) is 5.75 Å². The molecule has 19 heavy (non-hydrogen) atoms. The molecule has 0 spiro atoms. The smallest absolute Gasteiger partial charge is 0.123 e. The van der Waals surface area contributed by atoms with Crippen molar-refractivity contribution in [2.24, 2.45) is 0 Å². The number of rotatable bonds is 5. The van der Waals surface area contributed by atoms with E-state index in [1.165, 1.54) is 24.0 Å². The fourth-order valence-corrected chi connectivity index (χ4v) is 2.92. The van der Waals surface area contributed by atoms with Crippen molar-refractivity contribution in [2.45, 2.75) is 65.0 Å². The standard InChI is InChI=1S/C17H27NO/c1-5-18-14-7-8-15(11-14)19-17-10-13(4)6-9-16(17)12(2)3/h6,9-10,12,14-15,18H,5,7-8,11H2,1-4H3. The second-order valence-corrected chi connectivity index (χ2v) is 6.00. The second kappa shape index (κ2) is 6.42. The van der Waals surface area contributed by atoms with E-state index in [1.54, 1.807) is 0 Å². The van der Waals surface area contributed by atoms with E-state index in [0.29, 0.717) is 18.1 Å². The average molecular weight is 261 g/mol. The van der Waals surface area contributed by atoms with E-state index in [-0.39, 0.29) is 0 Å². The maximum Gasteiger partial charge on any atom is 0.123 e. The lowest BCUT2D eigenvalue weighted by molar-refractivity contribution is 0.203. The molecule has 0 bridgehead atoms. The Kier molecular flexibility index (Phi) is 4.87. The van der Waals surface area contributed by atoms with Crippen LogP contribution in [0.1, 0.15) is 57.1 Å². The van der Waals surface area contributed by atoms with Crippen LogP contribution in [-0.4, -0.2) is 18.7 Å². The summed E-state index contributed by atoms with van der Waals surface area (Å²) in [7, 11) is 0. The third kappa shape index (κ3) is 3.73. The van der Waals surface area contributed by atoms with Crippen LogP contribution >= 0.6 is 0 Å². The first-order valence-electron chi connectivity index (χ1n) is 7.60. The Morgan fingerprint density at radius 2 is 2.11 bits per heavy atom. The topological polar surface area (TPSA) is 21.3 Å². The molecule has 2 rings (SSSR count). The lowest BCUT2D eigenvalue weighted by atomic mass is 10.0. The van der Waals surface area contributed by atoms with Gasteiger partial charge in [-0.15, -0.1) is 0 Å². The zero-order chi connectivity index (χ0) is 13.8. The van der Waals surface area contributed by atoms with Crippen LogP contribution in [-0.2, 0) is 0 Å². The molecule has 0 heterocycles. The van der Waals surface area contributed by atoms with E-state index < -0.39 is 0 Å². The molecule has 2 heteroatoms. The Hall–Kier alpha value is -1.02. The summed E-state index contributed by atoms with van der Waals surface area (Å²) in [6, 6.07) is 7.22. The summed E-state index contributed by atoms with van der Waals surface area (Å²) in [4.78, 5) is 0. The molecule has 0 aromatic heterocycles. The van der Waals surface area contributed by atoms with Gasteiger partial charge in [-0.2, -0.15) is 0 Å². The third-order valence-electron chi connectivity index (χ3n) is 3.96. The highest BCUT2D eigenvalue weighted by Gasteiger charge is 2.26. The summed E-state index contributed by atoms with van der Waals surface area (Å²) in [6.45, 7) is 9.82. The number of hydrogen-bond acceptors (Lipinski definition) is 2. The van der Waals surface area contributed by atoms with E-state index in [0.717, 1.165) is 18.7 Å². The van der Waals surface area contributed by atoms with Crippen LogP contribution in [0.3, 0.4) is 0 Å². The monoisotopic (exact) mass is 261 g/mol. The lowest BCUT2D eigenvalue weighted by Gasteiger charge is -2.19. The molecule has 1 aliphatic rings. The normalized spacial score (nSPS) is 23.0. The minimum Gasteiger partial charge on any atom is -0.490 e. The quantitative estimate of drug-likeness (QED) is 0.864. The van der Waals surface area contributed by atoms with Crippen LogP contribution in [0.2, 0.25) is 0 Å². The molecule has 1 saturated carbocycles. The first-order chi connectivity index (χ1) is 9.10. The number of benzene rings is 1. The van der Waals surface area contributed by atoms with E-state index >= 15 is 0 Å². The van der Waals surface area contributed by atoms with Crippen LogP contribution < -0.4 is 10.1 Å². The van der Waals surface area contributed by atoms with Crippen LogP contribution in [0, 0.1) is 6.92 Å². The summed E-state index contributed by atoms with van der Waals surface area (Å²) >= 11 is 0. The number of ether oxygens (including phenoxy) is 1. The SMILES string of the molecule is CCNC1CCC(Oc2cc(C)ccc2C(C)C)C1. The highest BCUT2D eigenvalue weighted by atomic mass is 16.5. The van der Waals surface area contributed by atoms with E-state index in [2.05, 4.69) is 51.2 Å². The van der Waals surface area contributed by atoms with Crippen molar-refractivity contribution < 1.29 is 4.74 Å². The van der Waals surface area contributed by atoms with Gasteiger partial charge in [0.1, 0.15) is 11.9 Å². The zero-order valence-electron chi connectivity index (χ0n) is 12.7. The molecule has 0 saturated heterocycles. The molecule has 2 atom stereocenters. The van der Waals surface area contributed by atoms with Crippen molar-refractivity contribution in [3.63, 3.8) is 0 Å². The van der Waals surface area contributed by atoms with Crippen molar-refractivity contribution in [3.05, 3.63) is 29.3 Å². The maximum atomic E-state index is 6.29. The number of hydrogen-bond donors (Lipinski definition) is 1. The molecular weight excluding hydrogens is 234 g/mol. The first-order valence-corrected chi connectivity index (χ1v) is 7.60. The molecule has 1 aromatic rings. The summed E-state index contributed by atoms with van der Waals surface area (Å²) in [5, 5.41) is 3.53. The summed E-state index contributed by atoms with van der Waals surface area (Å²) in [6.07, 6.45) is 3.92. The van der Waals surface area contributed by atoms with Crippen molar-refractivity contribution in [2.75, 3.05) is 6.54 Å². The molecule has 2 unspecified atom stereocenters. The molecule has 0 amide bonds.